The Bertz CT molecular complexity index is 277. The van der Waals surface area contributed by atoms with E-state index in [2.05, 4.69) is 19.1 Å². The van der Waals surface area contributed by atoms with Crippen molar-refractivity contribution in [2.45, 2.75) is 33.1 Å². The predicted molar refractivity (Wildman–Crippen MR) is 59.2 cm³/mol. The summed E-state index contributed by atoms with van der Waals surface area (Å²) < 4.78 is 0. The molecule has 1 aromatic rings. The van der Waals surface area contributed by atoms with Gasteiger partial charge >= 0.3 is 0 Å². The molecule has 0 amide bonds. The van der Waals surface area contributed by atoms with Crippen LogP contribution in [0.3, 0.4) is 0 Å². The molecule has 0 aromatic heterocycles. The topological polar surface area (TPSA) is 17.1 Å². The molecule has 1 unspecified atom stereocenters. The molecular weight excluding hydrogens is 172 g/mol. The van der Waals surface area contributed by atoms with E-state index < -0.39 is 0 Å². The lowest BCUT2D eigenvalue weighted by atomic mass is 9.92. The Hall–Kier alpha value is -1.11. The zero-order valence-corrected chi connectivity index (χ0v) is 8.99. The van der Waals surface area contributed by atoms with Gasteiger partial charge in [-0.15, -0.1) is 0 Å². The van der Waals surface area contributed by atoms with E-state index in [-0.39, 0.29) is 5.92 Å². The van der Waals surface area contributed by atoms with E-state index in [1.807, 2.05) is 18.2 Å². The first-order chi connectivity index (χ1) is 6.74. The Kier molecular flexibility index (Phi) is 4.37. The Morgan fingerprint density at radius 3 is 2.43 bits per heavy atom. The highest BCUT2D eigenvalue weighted by molar-refractivity contribution is 5.78. The standard InChI is InChI=1S/C13H18O/c1-3-7-13(11(2)14)10-12-8-5-4-6-9-12/h4-6,8-9,13H,3,7,10H2,1-2H3. The maximum atomic E-state index is 11.3. The first-order valence-corrected chi connectivity index (χ1v) is 5.28. The van der Waals surface area contributed by atoms with Crippen molar-refractivity contribution in [2.75, 3.05) is 0 Å². The largest absolute Gasteiger partial charge is 0.300 e. The molecular formula is C13H18O. The van der Waals surface area contributed by atoms with E-state index in [4.69, 9.17) is 0 Å². The van der Waals surface area contributed by atoms with Crippen molar-refractivity contribution in [1.29, 1.82) is 0 Å². The van der Waals surface area contributed by atoms with E-state index in [0.717, 1.165) is 19.3 Å². The molecule has 1 heteroatoms. The van der Waals surface area contributed by atoms with Gasteiger partial charge < -0.3 is 0 Å². The van der Waals surface area contributed by atoms with Crippen LogP contribution in [0.4, 0.5) is 0 Å². The molecule has 0 spiro atoms. The summed E-state index contributed by atoms with van der Waals surface area (Å²) in [6, 6.07) is 10.2. The lowest BCUT2D eigenvalue weighted by molar-refractivity contribution is -0.120. The number of Topliss-reactive ketones (excluding diaryl/α,β-unsaturated/α-hetero) is 1. The lowest BCUT2D eigenvalue weighted by Gasteiger charge is -2.12. The van der Waals surface area contributed by atoms with E-state index in [0.29, 0.717) is 5.78 Å². The van der Waals surface area contributed by atoms with Crippen molar-refractivity contribution in [3.63, 3.8) is 0 Å². The Morgan fingerprint density at radius 1 is 1.29 bits per heavy atom. The smallest absolute Gasteiger partial charge is 0.133 e. The van der Waals surface area contributed by atoms with Crippen LogP contribution in [0.2, 0.25) is 0 Å². The molecule has 0 radical (unpaired) electrons. The van der Waals surface area contributed by atoms with Gasteiger partial charge in [0.15, 0.2) is 0 Å². The minimum absolute atomic E-state index is 0.211. The maximum Gasteiger partial charge on any atom is 0.133 e. The van der Waals surface area contributed by atoms with Crippen LogP contribution in [-0.4, -0.2) is 5.78 Å². The summed E-state index contributed by atoms with van der Waals surface area (Å²) in [5, 5.41) is 0. The molecule has 0 aliphatic carbocycles. The van der Waals surface area contributed by atoms with Crippen molar-refractivity contribution >= 4 is 5.78 Å². The molecule has 0 saturated carbocycles. The van der Waals surface area contributed by atoms with Gasteiger partial charge in [0.1, 0.15) is 5.78 Å². The first-order valence-electron chi connectivity index (χ1n) is 5.28. The molecule has 0 fully saturated rings. The van der Waals surface area contributed by atoms with Crippen molar-refractivity contribution in [3.05, 3.63) is 35.9 Å². The Balaban J connectivity index is 2.60. The fourth-order valence-corrected chi connectivity index (χ4v) is 1.70. The molecule has 0 N–H and O–H groups in total. The number of carbonyl (C=O) groups is 1. The molecule has 0 aliphatic heterocycles. The Labute approximate surface area is 86.1 Å². The van der Waals surface area contributed by atoms with Gasteiger partial charge in [0.05, 0.1) is 0 Å². The highest BCUT2D eigenvalue weighted by atomic mass is 16.1. The van der Waals surface area contributed by atoms with Crippen LogP contribution in [0.1, 0.15) is 32.3 Å². The zero-order chi connectivity index (χ0) is 10.4. The van der Waals surface area contributed by atoms with Crippen LogP contribution in [0, 0.1) is 5.92 Å². The molecule has 0 aliphatic rings. The molecule has 0 saturated heterocycles. The average Bonchev–Trinajstić information content (AvgIpc) is 2.18. The molecule has 1 atom stereocenters. The normalized spacial score (nSPS) is 12.4. The molecule has 1 nitrogen and oxygen atoms in total. The van der Waals surface area contributed by atoms with Gasteiger partial charge in [-0.1, -0.05) is 43.7 Å². The SMILES string of the molecule is CCCC(Cc1ccccc1)C(C)=O. The number of hydrogen-bond donors (Lipinski definition) is 0. The van der Waals surface area contributed by atoms with Crippen LogP contribution >= 0.6 is 0 Å². The summed E-state index contributed by atoms with van der Waals surface area (Å²) >= 11 is 0. The third kappa shape index (κ3) is 3.33. The van der Waals surface area contributed by atoms with Gasteiger partial charge in [0, 0.05) is 5.92 Å². The number of carbonyl (C=O) groups excluding carboxylic acids is 1. The average molecular weight is 190 g/mol. The summed E-state index contributed by atoms with van der Waals surface area (Å²) in [6.45, 7) is 3.82. The second-order valence-corrected chi connectivity index (χ2v) is 3.79. The van der Waals surface area contributed by atoms with E-state index in [9.17, 15) is 4.79 Å². The summed E-state index contributed by atoms with van der Waals surface area (Å²) in [6.07, 6.45) is 2.98. The van der Waals surface area contributed by atoms with Crippen LogP contribution in [0.25, 0.3) is 0 Å². The fraction of sp³-hybridized carbons (Fsp3) is 0.462. The van der Waals surface area contributed by atoms with Crippen LogP contribution in [-0.2, 0) is 11.2 Å². The summed E-state index contributed by atoms with van der Waals surface area (Å²) in [5.41, 5.74) is 1.26. The summed E-state index contributed by atoms with van der Waals surface area (Å²) in [7, 11) is 0. The summed E-state index contributed by atoms with van der Waals surface area (Å²) in [4.78, 5) is 11.3. The van der Waals surface area contributed by atoms with Crippen LogP contribution in [0.15, 0.2) is 30.3 Å². The second-order valence-electron chi connectivity index (χ2n) is 3.79. The highest BCUT2D eigenvalue weighted by Crippen LogP contribution is 2.14. The van der Waals surface area contributed by atoms with E-state index in [1.54, 1.807) is 6.92 Å². The van der Waals surface area contributed by atoms with Gasteiger partial charge in [-0.3, -0.25) is 4.79 Å². The monoisotopic (exact) mass is 190 g/mol. The quantitative estimate of drug-likeness (QED) is 0.696. The molecule has 76 valence electrons. The van der Waals surface area contributed by atoms with Crippen molar-refractivity contribution in [1.82, 2.24) is 0 Å². The van der Waals surface area contributed by atoms with Crippen LogP contribution in [0.5, 0.6) is 0 Å². The minimum Gasteiger partial charge on any atom is -0.300 e. The van der Waals surface area contributed by atoms with E-state index >= 15 is 0 Å². The van der Waals surface area contributed by atoms with Gasteiger partial charge in [-0.25, -0.2) is 0 Å². The predicted octanol–water partition coefficient (Wildman–Crippen LogP) is 3.23. The first kappa shape index (κ1) is 11.0. The molecule has 0 heterocycles. The van der Waals surface area contributed by atoms with Crippen LogP contribution < -0.4 is 0 Å². The number of hydrogen-bond acceptors (Lipinski definition) is 1. The minimum atomic E-state index is 0.211. The third-order valence-corrected chi connectivity index (χ3v) is 2.54. The zero-order valence-electron chi connectivity index (χ0n) is 8.99. The van der Waals surface area contributed by atoms with Gasteiger partial charge in [-0.2, -0.15) is 0 Å². The Morgan fingerprint density at radius 2 is 1.93 bits per heavy atom. The van der Waals surface area contributed by atoms with Crippen molar-refractivity contribution in [3.8, 4) is 0 Å². The van der Waals surface area contributed by atoms with Gasteiger partial charge in [0.2, 0.25) is 0 Å². The fourth-order valence-electron chi connectivity index (χ4n) is 1.70. The highest BCUT2D eigenvalue weighted by Gasteiger charge is 2.13. The lowest BCUT2D eigenvalue weighted by Crippen LogP contribution is -2.13. The maximum absolute atomic E-state index is 11.3. The third-order valence-electron chi connectivity index (χ3n) is 2.54. The second kappa shape index (κ2) is 5.58. The number of benzene rings is 1. The van der Waals surface area contributed by atoms with Crippen molar-refractivity contribution < 1.29 is 4.79 Å². The van der Waals surface area contributed by atoms with E-state index in [1.165, 1.54) is 5.56 Å². The molecule has 1 rings (SSSR count). The van der Waals surface area contributed by atoms with Gasteiger partial charge in [0.25, 0.3) is 0 Å². The molecule has 14 heavy (non-hydrogen) atoms. The van der Waals surface area contributed by atoms with Crippen molar-refractivity contribution in [2.24, 2.45) is 5.92 Å². The molecule has 0 bridgehead atoms. The van der Waals surface area contributed by atoms with Gasteiger partial charge in [-0.05, 0) is 25.3 Å². The molecule has 1 aromatic carbocycles. The number of ketones is 1. The summed E-state index contributed by atoms with van der Waals surface area (Å²) in [5.74, 6) is 0.526. The number of rotatable bonds is 5.